The highest BCUT2D eigenvalue weighted by atomic mass is 35.5. The van der Waals surface area contributed by atoms with E-state index in [1.54, 1.807) is 31.2 Å². The molecule has 0 spiro atoms. The van der Waals surface area contributed by atoms with Crippen molar-refractivity contribution >= 4 is 29.4 Å². The molecule has 1 rings (SSSR count). The summed E-state index contributed by atoms with van der Waals surface area (Å²) in [5.41, 5.74) is 4.85. The molecular weight excluding hydrogens is 344 g/mol. The number of hydrazine groups is 1. The molecule has 0 saturated heterocycles. The molecule has 0 bridgehead atoms. The van der Waals surface area contributed by atoms with Gasteiger partial charge in [-0.05, 0) is 30.4 Å². The fourth-order valence-electron chi connectivity index (χ4n) is 2.49. The van der Waals surface area contributed by atoms with Crippen LogP contribution < -0.4 is 10.9 Å². The number of rotatable bonds is 8. The molecule has 3 N–H and O–H groups in total. The predicted molar refractivity (Wildman–Crippen MR) is 96.0 cm³/mol. The van der Waals surface area contributed by atoms with Crippen LogP contribution in [-0.2, 0) is 9.59 Å². The first-order valence-corrected chi connectivity index (χ1v) is 8.66. The van der Waals surface area contributed by atoms with Gasteiger partial charge < -0.3 is 5.11 Å². The summed E-state index contributed by atoms with van der Waals surface area (Å²) in [6, 6.07) is 6.48. The van der Waals surface area contributed by atoms with Gasteiger partial charge >= 0.3 is 5.97 Å². The van der Waals surface area contributed by atoms with Crippen LogP contribution in [-0.4, -0.2) is 22.9 Å². The van der Waals surface area contributed by atoms with E-state index < -0.39 is 23.7 Å². The monoisotopic (exact) mass is 368 g/mol. The van der Waals surface area contributed by atoms with E-state index in [4.69, 9.17) is 11.6 Å². The van der Waals surface area contributed by atoms with Crippen molar-refractivity contribution < 1.29 is 19.5 Å². The quantitative estimate of drug-likeness (QED) is 0.613. The van der Waals surface area contributed by atoms with E-state index in [0.717, 1.165) is 6.42 Å². The number of carbonyl (C=O) groups is 3. The average molecular weight is 369 g/mol. The van der Waals surface area contributed by atoms with Gasteiger partial charge in [0.1, 0.15) is 0 Å². The smallest absolute Gasteiger partial charge is 0.306 e. The van der Waals surface area contributed by atoms with Gasteiger partial charge in [0.25, 0.3) is 5.91 Å². The molecule has 0 radical (unpaired) electrons. The number of carboxylic acids is 1. The van der Waals surface area contributed by atoms with Gasteiger partial charge in [0.15, 0.2) is 0 Å². The molecule has 1 aromatic rings. The first-order valence-electron chi connectivity index (χ1n) is 8.28. The second kappa shape index (κ2) is 10.0. The number of nitrogens with one attached hydrogen (secondary N) is 2. The summed E-state index contributed by atoms with van der Waals surface area (Å²) in [4.78, 5) is 35.4. The van der Waals surface area contributed by atoms with Gasteiger partial charge in [0.2, 0.25) is 5.91 Å². The van der Waals surface area contributed by atoms with Gasteiger partial charge in [-0.15, -0.1) is 0 Å². The molecule has 2 amide bonds. The maximum atomic E-state index is 12.0. The van der Waals surface area contributed by atoms with Crippen molar-refractivity contribution in [1.82, 2.24) is 10.9 Å². The number of carbonyl (C=O) groups excluding carboxylic acids is 2. The normalized spacial score (nSPS) is 13.2. The van der Waals surface area contributed by atoms with Crippen LogP contribution in [0.25, 0.3) is 0 Å². The van der Waals surface area contributed by atoms with E-state index in [1.807, 2.05) is 13.8 Å². The van der Waals surface area contributed by atoms with Gasteiger partial charge in [-0.25, -0.2) is 0 Å². The molecule has 0 aliphatic heterocycles. The highest BCUT2D eigenvalue weighted by molar-refractivity contribution is 6.33. The standard InChI is InChI=1S/C18H25ClN2O4/c1-11(2)8-9-13(18(24)25)12(3)10-16(22)20-21-17(23)14-6-4-5-7-15(14)19/h4-7,11-13H,8-10H2,1-3H3,(H,20,22)(H,21,23)(H,24,25)/t12-,13-/m1/s1. The largest absolute Gasteiger partial charge is 0.481 e. The van der Waals surface area contributed by atoms with Crippen LogP contribution in [0.3, 0.4) is 0 Å². The molecule has 0 unspecified atom stereocenters. The fraction of sp³-hybridized carbons (Fsp3) is 0.500. The van der Waals surface area contributed by atoms with Crippen LogP contribution >= 0.6 is 11.6 Å². The van der Waals surface area contributed by atoms with Crippen LogP contribution in [0.4, 0.5) is 0 Å². The van der Waals surface area contributed by atoms with Crippen LogP contribution in [0, 0.1) is 17.8 Å². The van der Waals surface area contributed by atoms with Gasteiger partial charge in [-0.1, -0.05) is 50.9 Å². The minimum absolute atomic E-state index is 0.0118. The number of halogens is 1. The van der Waals surface area contributed by atoms with E-state index in [2.05, 4.69) is 10.9 Å². The Morgan fingerprint density at radius 2 is 1.72 bits per heavy atom. The second-order valence-electron chi connectivity index (χ2n) is 6.58. The maximum absolute atomic E-state index is 12.0. The Balaban J connectivity index is 2.53. The van der Waals surface area contributed by atoms with E-state index in [0.29, 0.717) is 12.3 Å². The van der Waals surface area contributed by atoms with Gasteiger partial charge in [0, 0.05) is 6.42 Å². The first-order chi connectivity index (χ1) is 11.7. The fourth-order valence-corrected chi connectivity index (χ4v) is 2.71. The number of hydrogen-bond acceptors (Lipinski definition) is 3. The second-order valence-corrected chi connectivity index (χ2v) is 6.99. The number of aliphatic carboxylic acids is 1. The summed E-state index contributed by atoms with van der Waals surface area (Å²) in [6.45, 7) is 5.79. The molecule has 0 aliphatic rings. The molecular formula is C18H25ClN2O4. The summed E-state index contributed by atoms with van der Waals surface area (Å²) in [7, 11) is 0. The third-order valence-electron chi connectivity index (χ3n) is 4.00. The highest BCUT2D eigenvalue weighted by Crippen LogP contribution is 2.23. The zero-order valence-electron chi connectivity index (χ0n) is 14.7. The lowest BCUT2D eigenvalue weighted by Gasteiger charge is -2.20. The maximum Gasteiger partial charge on any atom is 0.306 e. The lowest BCUT2D eigenvalue weighted by Crippen LogP contribution is -2.42. The van der Waals surface area contributed by atoms with E-state index in [1.165, 1.54) is 0 Å². The summed E-state index contributed by atoms with van der Waals surface area (Å²) in [5, 5.41) is 9.63. The lowest BCUT2D eigenvalue weighted by molar-refractivity contribution is -0.144. The Labute approximate surface area is 152 Å². The molecule has 6 nitrogen and oxygen atoms in total. The summed E-state index contributed by atoms with van der Waals surface area (Å²) in [5.74, 6) is -2.40. The molecule has 0 saturated carbocycles. The van der Waals surface area contributed by atoms with Gasteiger partial charge in [-0.2, -0.15) is 0 Å². The number of amides is 2. The minimum atomic E-state index is -0.902. The Morgan fingerprint density at radius 1 is 1.08 bits per heavy atom. The minimum Gasteiger partial charge on any atom is -0.481 e. The Morgan fingerprint density at radius 3 is 2.28 bits per heavy atom. The molecule has 1 aromatic carbocycles. The Bertz CT molecular complexity index is 619. The van der Waals surface area contributed by atoms with Gasteiger partial charge in [0.05, 0.1) is 16.5 Å². The summed E-state index contributed by atoms with van der Waals surface area (Å²) in [6.07, 6.45) is 1.32. The Hall–Kier alpha value is -2.08. The SMILES string of the molecule is CC(C)CC[C@@H](C(=O)O)[C@H](C)CC(=O)NNC(=O)c1ccccc1Cl. The van der Waals surface area contributed by atoms with Crippen LogP contribution in [0.1, 0.15) is 50.4 Å². The zero-order valence-corrected chi connectivity index (χ0v) is 15.5. The highest BCUT2D eigenvalue weighted by Gasteiger charge is 2.26. The molecule has 0 heterocycles. The number of carboxylic acid groups (broad SMARTS) is 1. The third-order valence-corrected chi connectivity index (χ3v) is 4.33. The lowest BCUT2D eigenvalue weighted by atomic mass is 9.85. The molecule has 7 heteroatoms. The van der Waals surface area contributed by atoms with Crippen molar-refractivity contribution in [1.29, 1.82) is 0 Å². The Kier molecular flexibility index (Phi) is 8.41. The van der Waals surface area contributed by atoms with Crippen molar-refractivity contribution in [2.45, 2.75) is 40.0 Å². The molecule has 0 fully saturated rings. The summed E-state index contributed by atoms with van der Waals surface area (Å²) >= 11 is 5.92. The van der Waals surface area contributed by atoms with Crippen molar-refractivity contribution in [3.8, 4) is 0 Å². The third kappa shape index (κ3) is 7.13. The predicted octanol–water partition coefficient (Wildman–Crippen LogP) is 3.26. The average Bonchev–Trinajstić information content (AvgIpc) is 2.52. The van der Waals surface area contributed by atoms with Crippen molar-refractivity contribution in [2.75, 3.05) is 0 Å². The molecule has 138 valence electrons. The molecule has 0 aliphatic carbocycles. The molecule has 2 atom stereocenters. The topological polar surface area (TPSA) is 95.5 Å². The molecule has 25 heavy (non-hydrogen) atoms. The van der Waals surface area contributed by atoms with E-state index in [-0.39, 0.29) is 22.9 Å². The number of hydrogen-bond donors (Lipinski definition) is 3. The summed E-state index contributed by atoms with van der Waals surface area (Å²) < 4.78 is 0. The van der Waals surface area contributed by atoms with Crippen LogP contribution in [0.2, 0.25) is 5.02 Å². The van der Waals surface area contributed by atoms with Crippen LogP contribution in [0.5, 0.6) is 0 Å². The number of benzene rings is 1. The van der Waals surface area contributed by atoms with Gasteiger partial charge in [-0.3, -0.25) is 25.2 Å². The van der Waals surface area contributed by atoms with Crippen molar-refractivity contribution in [3.63, 3.8) is 0 Å². The first kappa shape index (κ1) is 21.0. The van der Waals surface area contributed by atoms with Crippen molar-refractivity contribution in [2.24, 2.45) is 17.8 Å². The van der Waals surface area contributed by atoms with Crippen LogP contribution in [0.15, 0.2) is 24.3 Å². The van der Waals surface area contributed by atoms with E-state index >= 15 is 0 Å². The molecule has 0 aromatic heterocycles. The van der Waals surface area contributed by atoms with Crippen molar-refractivity contribution in [3.05, 3.63) is 34.9 Å². The zero-order chi connectivity index (χ0) is 19.0. The van der Waals surface area contributed by atoms with E-state index in [9.17, 15) is 19.5 Å².